The summed E-state index contributed by atoms with van der Waals surface area (Å²) >= 11 is 1.19. The third-order valence-corrected chi connectivity index (χ3v) is 5.69. The second kappa shape index (κ2) is 8.42. The zero-order valence-electron chi connectivity index (χ0n) is 16.3. The van der Waals surface area contributed by atoms with Crippen molar-refractivity contribution in [3.05, 3.63) is 89.2 Å². The van der Waals surface area contributed by atoms with Gasteiger partial charge in [0.25, 0.3) is 5.56 Å². The number of hydrogen-bond acceptors (Lipinski definition) is 5. The molecule has 3 aromatic carbocycles. The second-order valence-corrected chi connectivity index (χ2v) is 8.06. The molecule has 0 saturated heterocycles. The van der Waals surface area contributed by atoms with Crippen LogP contribution >= 0.6 is 11.8 Å². The average Bonchev–Trinajstić information content (AvgIpc) is 2.74. The number of nitrogens with zero attached hydrogens (tertiary/aromatic N) is 2. The van der Waals surface area contributed by atoms with Crippen molar-refractivity contribution in [2.24, 2.45) is 0 Å². The summed E-state index contributed by atoms with van der Waals surface area (Å²) in [4.78, 5) is 29.0. The lowest BCUT2D eigenvalue weighted by atomic mass is 10.1. The van der Waals surface area contributed by atoms with E-state index in [1.54, 1.807) is 11.5 Å². The lowest BCUT2D eigenvalue weighted by molar-refractivity contribution is -0.115. The van der Waals surface area contributed by atoms with E-state index in [4.69, 9.17) is 5.73 Å². The van der Waals surface area contributed by atoms with Crippen LogP contribution in [0.4, 0.5) is 11.5 Å². The Morgan fingerprint density at radius 3 is 2.53 bits per heavy atom. The Bertz CT molecular complexity index is 1270. The minimum absolute atomic E-state index is 0.187. The Hall–Kier alpha value is -3.58. The Morgan fingerprint density at radius 1 is 1.03 bits per heavy atom. The summed E-state index contributed by atoms with van der Waals surface area (Å²) in [5, 5.41) is 4.86. The lowest BCUT2D eigenvalue weighted by Crippen LogP contribution is -2.24. The Kier molecular flexibility index (Phi) is 5.54. The first-order valence-corrected chi connectivity index (χ1v) is 10.3. The van der Waals surface area contributed by atoms with E-state index in [0.717, 1.165) is 22.1 Å². The van der Waals surface area contributed by atoms with Crippen LogP contribution in [0.25, 0.3) is 16.5 Å². The number of rotatable bonds is 5. The highest BCUT2D eigenvalue weighted by Crippen LogP contribution is 2.28. The predicted molar refractivity (Wildman–Crippen MR) is 122 cm³/mol. The number of thioether (sulfide) groups is 1. The molecule has 0 aliphatic rings. The number of carbonyl (C=O) groups excluding carboxylic acids is 1. The van der Waals surface area contributed by atoms with Gasteiger partial charge in [-0.15, -0.1) is 0 Å². The molecule has 0 radical (unpaired) electrons. The quantitative estimate of drug-likeness (QED) is 0.378. The molecule has 0 bridgehead atoms. The maximum atomic E-state index is 12.9. The Labute approximate surface area is 177 Å². The summed E-state index contributed by atoms with van der Waals surface area (Å²) < 4.78 is 1.67. The maximum Gasteiger partial charge on any atom is 0.275 e. The van der Waals surface area contributed by atoms with Crippen LogP contribution in [0.3, 0.4) is 0 Å². The van der Waals surface area contributed by atoms with Gasteiger partial charge in [0.15, 0.2) is 5.16 Å². The van der Waals surface area contributed by atoms with Gasteiger partial charge in [-0.2, -0.15) is 4.98 Å². The fraction of sp³-hybridized carbons (Fsp3) is 0.0870. The number of para-hydroxylation sites is 1. The predicted octanol–water partition coefficient (Wildman–Crippen LogP) is 4.09. The smallest absolute Gasteiger partial charge is 0.275 e. The number of nitrogens with one attached hydrogen (secondary N) is 1. The van der Waals surface area contributed by atoms with E-state index in [1.807, 2.05) is 72.8 Å². The molecule has 30 heavy (non-hydrogen) atoms. The number of aromatic nitrogens is 2. The van der Waals surface area contributed by atoms with Gasteiger partial charge in [-0.3, -0.25) is 14.2 Å². The number of anilines is 2. The van der Waals surface area contributed by atoms with Crippen molar-refractivity contribution in [2.75, 3.05) is 11.1 Å². The van der Waals surface area contributed by atoms with Gasteiger partial charge in [-0.25, -0.2) is 0 Å². The molecule has 0 fully saturated rings. The van der Waals surface area contributed by atoms with Crippen LogP contribution in [-0.2, 0) is 4.79 Å². The molecule has 0 spiro atoms. The molecule has 0 aliphatic carbocycles. The summed E-state index contributed by atoms with van der Waals surface area (Å²) in [6.07, 6.45) is 0. The van der Waals surface area contributed by atoms with Gasteiger partial charge in [0, 0.05) is 22.8 Å². The molecule has 6 nitrogen and oxygen atoms in total. The van der Waals surface area contributed by atoms with E-state index < -0.39 is 10.8 Å². The third-order valence-electron chi connectivity index (χ3n) is 4.64. The number of nitrogen functional groups attached to an aromatic ring is 1. The first-order chi connectivity index (χ1) is 14.5. The highest BCUT2D eigenvalue weighted by Gasteiger charge is 2.20. The summed E-state index contributed by atoms with van der Waals surface area (Å²) in [5.41, 5.74) is 7.17. The van der Waals surface area contributed by atoms with E-state index >= 15 is 0 Å². The molecule has 1 heterocycles. The molecule has 150 valence electrons. The fourth-order valence-corrected chi connectivity index (χ4v) is 4.12. The highest BCUT2D eigenvalue weighted by molar-refractivity contribution is 8.00. The SMILES string of the molecule is C[C@H](Sc1nc(=O)cc(N)n1-c1ccccc1)C(=O)Nc1cccc2ccccc12. The molecular weight excluding hydrogens is 396 g/mol. The minimum atomic E-state index is -0.507. The topological polar surface area (TPSA) is 90.0 Å². The Balaban J connectivity index is 1.62. The second-order valence-electron chi connectivity index (χ2n) is 6.75. The van der Waals surface area contributed by atoms with Crippen LogP contribution in [0.1, 0.15) is 6.92 Å². The van der Waals surface area contributed by atoms with Gasteiger partial charge in [0.1, 0.15) is 5.82 Å². The van der Waals surface area contributed by atoms with Gasteiger partial charge in [-0.1, -0.05) is 66.4 Å². The first kappa shape index (κ1) is 19.7. The standard InChI is InChI=1S/C23H20N4O2S/c1-15(22(29)25-19-13-7-9-16-8-5-6-12-18(16)19)30-23-26-21(28)14-20(24)27(23)17-10-3-2-4-11-17/h2-15H,24H2,1H3,(H,25,29)/t15-/m0/s1. The van der Waals surface area contributed by atoms with Gasteiger partial charge < -0.3 is 11.1 Å². The van der Waals surface area contributed by atoms with Gasteiger partial charge >= 0.3 is 0 Å². The average molecular weight is 417 g/mol. The zero-order chi connectivity index (χ0) is 21.1. The monoisotopic (exact) mass is 416 g/mol. The largest absolute Gasteiger partial charge is 0.385 e. The normalized spacial score (nSPS) is 11.9. The van der Waals surface area contributed by atoms with Crippen LogP contribution in [0.5, 0.6) is 0 Å². The van der Waals surface area contributed by atoms with E-state index in [-0.39, 0.29) is 11.7 Å². The number of nitrogens with two attached hydrogens (primary N) is 1. The number of hydrogen-bond donors (Lipinski definition) is 2. The number of benzene rings is 3. The summed E-state index contributed by atoms with van der Waals surface area (Å²) in [6.45, 7) is 1.77. The number of amides is 1. The minimum Gasteiger partial charge on any atom is -0.385 e. The van der Waals surface area contributed by atoms with E-state index in [1.165, 1.54) is 17.8 Å². The number of carbonyl (C=O) groups is 1. The zero-order valence-corrected chi connectivity index (χ0v) is 17.1. The van der Waals surface area contributed by atoms with Crippen molar-refractivity contribution in [1.82, 2.24) is 9.55 Å². The molecular formula is C23H20N4O2S. The van der Waals surface area contributed by atoms with E-state index in [0.29, 0.717) is 5.16 Å². The molecule has 1 atom stereocenters. The highest BCUT2D eigenvalue weighted by atomic mass is 32.2. The molecule has 3 N–H and O–H groups in total. The summed E-state index contributed by atoms with van der Waals surface area (Å²) in [7, 11) is 0. The summed E-state index contributed by atoms with van der Waals surface area (Å²) in [5.74, 6) is 0.0815. The number of fused-ring (bicyclic) bond motifs is 1. The third kappa shape index (κ3) is 4.06. The van der Waals surface area contributed by atoms with Crippen LogP contribution in [0, 0.1) is 0 Å². The van der Waals surface area contributed by atoms with Crippen LogP contribution in [-0.4, -0.2) is 20.7 Å². The van der Waals surface area contributed by atoms with E-state index in [9.17, 15) is 9.59 Å². The molecule has 0 aliphatic heterocycles. The molecule has 0 saturated carbocycles. The van der Waals surface area contributed by atoms with E-state index in [2.05, 4.69) is 10.3 Å². The van der Waals surface area contributed by atoms with Crippen molar-refractivity contribution in [2.45, 2.75) is 17.3 Å². The van der Waals surface area contributed by atoms with Crippen molar-refractivity contribution < 1.29 is 4.79 Å². The summed E-state index contributed by atoms with van der Waals surface area (Å²) in [6, 6.07) is 24.3. The first-order valence-electron chi connectivity index (χ1n) is 9.43. The van der Waals surface area contributed by atoms with Crippen molar-refractivity contribution >= 4 is 39.9 Å². The van der Waals surface area contributed by atoms with Gasteiger partial charge in [0.05, 0.1) is 5.25 Å². The van der Waals surface area contributed by atoms with Crippen molar-refractivity contribution in [1.29, 1.82) is 0 Å². The van der Waals surface area contributed by atoms with Crippen LogP contribution < -0.4 is 16.6 Å². The molecule has 4 rings (SSSR count). The van der Waals surface area contributed by atoms with Crippen molar-refractivity contribution in [3.63, 3.8) is 0 Å². The molecule has 0 unspecified atom stereocenters. The molecule has 1 aromatic heterocycles. The van der Waals surface area contributed by atoms with Crippen molar-refractivity contribution in [3.8, 4) is 5.69 Å². The lowest BCUT2D eigenvalue weighted by Gasteiger charge is -2.18. The van der Waals surface area contributed by atoms with Gasteiger partial charge in [-0.05, 0) is 30.5 Å². The van der Waals surface area contributed by atoms with Gasteiger partial charge in [0.2, 0.25) is 5.91 Å². The van der Waals surface area contributed by atoms with Crippen LogP contribution in [0.2, 0.25) is 0 Å². The maximum absolute atomic E-state index is 12.9. The molecule has 4 aromatic rings. The molecule has 7 heteroatoms. The Morgan fingerprint density at radius 2 is 1.73 bits per heavy atom. The van der Waals surface area contributed by atoms with Crippen LogP contribution in [0.15, 0.2) is 88.8 Å². The fourth-order valence-electron chi connectivity index (χ4n) is 3.17. The molecule has 1 amide bonds.